The second kappa shape index (κ2) is 4.25. The molecule has 4 N–H and O–H groups in total. The van der Waals surface area contributed by atoms with Gasteiger partial charge in [0.2, 0.25) is 6.23 Å². The fourth-order valence-corrected chi connectivity index (χ4v) is 1.90. The number of hydrogen-bond donors (Lipinski definition) is 4. The number of nitrogens with zero attached hydrogens (tertiary/aromatic N) is 1. The van der Waals surface area contributed by atoms with Crippen LogP contribution in [0.5, 0.6) is 0 Å². The van der Waals surface area contributed by atoms with Crippen molar-refractivity contribution in [1.29, 1.82) is 0 Å². The first-order chi connectivity index (χ1) is 8.78. The van der Waals surface area contributed by atoms with Gasteiger partial charge >= 0.3 is 5.69 Å². The number of nitrogens with one attached hydrogen (secondary N) is 1. The highest BCUT2D eigenvalue weighted by Crippen LogP contribution is 2.38. The SMILES string of the molecule is Cc1cn([C@@H]2OC(CO)=C(O)C2(C)O)c(=O)[nH]c1=O. The van der Waals surface area contributed by atoms with Crippen molar-refractivity contribution in [1.82, 2.24) is 9.55 Å². The van der Waals surface area contributed by atoms with E-state index in [1.807, 2.05) is 0 Å². The molecule has 1 aliphatic heterocycles. The van der Waals surface area contributed by atoms with E-state index in [1.54, 1.807) is 0 Å². The summed E-state index contributed by atoms with van der Waals surface area (Å²) in [5.74, 6) is -0.762. The predicted molar refractivity (Wildman–Crippen MR) is 63.5 cm³/mol. The minimum atomic E-state index is -1.88. The van der Waals surface area contributed by atoms with E-state index < -0.39 is 35.4 Å². The normalized spacial score (nSPS) is 26.6. The monoisotopic (exact) mass is 270 g/mol. The molecule has 2 rings (SSSR count). The zero-order valence-electron chi connectivity index (χ0n) is 10.4. The van der Waals surface area contributed by atoms with E-state index in [9.17, 15) is 19.8 Å². The highest BCUT2D eigenvalue weighted by atomic mass is 16.6. The lowest BCUT2D eigenvalue weighted by Crippen LogP contribution is -2.42. The Balaban J connectivity index is 2.54. The maximum Gasteiger partial charge on any atom is 0.331 e. The van der Waals surface area contributed by atoms with E-state index in [0.29, 0.717) is 0 Å². The minimum Gasteiger partial charge on any atom is -0.506 e. The lowest BCUT2D eigenvalue weighted by Gasteiger charge is -2.25. The van der Waals surface area contributed by atoms with Crippen LogP contribution in [0.25, 0.3) is 0 Å². The number of rotatable bonds is 2. The van der Waals surface area contributed by atoms with Crippen LogP contribution < -0.4 is 11.2 Å². The standard InChI is InChI=1S/C11H14N2O6/c1-5-3-13(10(17)12-8(5)16)9-11(2,18)7(15)6(4-14)19-9/h3,9,14-15,18H,4H2,1-2H3,(H,12,16,17)/t9-,11?/m1/s1. The first-order valence-electron chi connectivity index (χ1n) is 5.53. The van der Waals surface area contributed by atoms with Crippen molar-refractivity contribution in [2.45, 2.75) is 25.7 Å². The highest BCUT2D eigenvalue weighted by Gasteiger charge is 2.48. The number of aromatic nitrogens is 2. The molecule has 1 aromatic heterocycles. The molecule has 0 aromatic carbocycles. The largest absolute Gasteiger partial charge is 0.506 e. The van der Waals surface area contributed by atoms with Gasteiger partial charge in [-0.15, -0.1) is 0 Å². The van der Waals surface area contributed by atoms with Crippen LogP contribution in [0.3, 0.4) is 0 Å². The van der Waals surface area contributed by atoms with E-state index in [4.69, 9.17) is 9.84 Å². The average molecular weight is 270 g/mol. The molecule has 2 atom stereocenters. The third-order valence-corrected chi connectivity index (χ3v) is 3.02. The molecule has 104 valence electrons. The van der Waals surface area contributed by atoms with Crippen molar-refractivity contribution < 1.29 is 20.1 Å². The molecule has 8 nitrogen and oxygen atoms in total. The molecule has 0 saturated carbocycles. The molecule has 8 heteroatoms. The van der Waals surface area contributed by atoms with Gasteiger partial charge in [0.05, 0.1) is 0 Å². The molecule has 0 saturated heterocycles. The van der Waals surface area contributed by atoms with Crippen LogP contribution in [-0.2, 0) is 4.74 Å². The molecule has 0 bridgehead atoms. The second-order valence-electron chi connectivity index (χ2n) is 4.53. The summed E-state index contributed by atoms with van der Waals surface area (Å²) in [5.41, 5.74) is -2.96. The van der Waals surface area contributed by atoms with Gasteiger partial charge in [-0.05, 0) is 13.8 Å². The molecule has 1 unspecified atom stereocenters. The topological polar surface area (TPSA) is 125 Å². The van der Waals surface area contributed by atoms with Crippen LogP contribution in [0.2, 0.25) is 0 Å². The van der Waals surface area contributed by atoms with Gasteiger partial charge in [-0.3, -0.25) is 14.3 Å². The summed E-state index contributed by atoms with van der Waals surface area (Å²) in [4.78, 5) is 25.1. The number of aliphatic hydroxyl groups is 3. The van der Waals surface area contributed by atoms with E-state index >= 15 is 0 Å². The zero-order valence-corrected chi connectivity index (χ0v) is 10.4. The van der Waals surface area contributed by atoms with E-state index in [2.05, 4.69) is 4.98 Å². The maximum atomic E-state index is 11.7. The van der Waals surface area contributed by atoms with Crippen LogP contribution in [0, 0.1) is 6.92 Å². The fourth-order valence-electron chi connectivity index (χ4n) is 1.90. The summed E-state index contributed by atoms with van der Waals surface area (Å²) in [6.45, 7) is 2.11. The molecule has 0 amide bonds. The number of aromatic amines is 1. The van der Waals surface area contributed by atoms with Gasteiger partial charge in [-0.2, -0.15) is 0 Å². The molecule has 1 aliphatic rings. The average Bonchev–Trinajstić information content (AvgIpc) is 2.56. The van der Waals surface area contributed by atoms with Crippen molar-refractivity contribution in [2.75, 3.05) is 6.61 Å². The molecule has 0 radical (unpaired) electrons. The highest BCUT2D eigenvalue weighted by molar-refractivity contribution is 5.20. The van der Waals surface area contributed by atoms with Crippen molar-refractivity contribution in [3.8, 4) is 0 Å². The molecular weight excluding hydrogens is 256 g/mol. The van der Waals surface area contributed by atoms with Crippen molar-refractivity contribution in [3.05, 3.63) is 44.1 Å². The summed E-state index contributed by atoms with van der Waals surface area (Å²) >= 11 is 0. The van der Waals surface area contributed by atoms with Gasteiger partial charge in [0.25, 0.3) is 5.56 Å². The lowest BCUT2D eigenvalue weighted by atomic mass is 10.0. The smallest absolute Gasteiger partial charge is 0.331 e. The number of H-pyrrole nitrogens is 1. The van der Waals surface area contributed by atoms with Gasteiger partial charge in [0.15, 0.2) is 17.1 Å². The van der Waals surface area contributed by atoms with Crippen molar-refractivity contribution in [3.63, 3.8) is 0 Å². The van der Waals surface area contributed by atoms with Gasteiger partial charge in [0.1, 0.15) is 6.61 Å². The Morgan fingerprint density at radius 2 is 2.16 bits per heavy atom. The Kier molecular flexibility index (Phi) is 2.99. The van der Waals surface area contributed by atoms with Gasteiger partial charge in [-0.25, -0.2) is 4.79 Å². The lowest BCUT2D eigenvalue weighted by molar-refractivity contribution is -0.0786. The predicted octanol–water partition coefficient (Wildman–Crippen LogP) is -1.11. The molecule has 0 aliphatic carbocycles. The summed E-state index contributed by atoms with van der Waals surface area (Å²) in [6, 6.07) is 0. The summed E-state index contributed by atoms with van der Waals surface area (Å²) in [7, 11) is 0. The summed E-state index contributed by atoms with van der Waals surface area (Å²) in [6.07, 6.45) is -0.0499. The molecule has 0 fully saturated rings. The molecule has 19 heavy (non-hydrogen) atoms. The molecule has 1 aromatic rings. The minimum absolute atomic E-state index is 0.217. The van der Waals surface area contributed by atoms with Crippen LogP contribution in [-0.4, -0.2) is 37.1 Å². The molecular formula is C11H14N2O6. The molecule has 2 heterocycles. The van der Waals surface area contributed by atoms with E-state index in [1.165, 1.54) is 20.0 Å². The third kappa shape index (κ3) is 1.94. The Morgan fingerprint density at radius 1 is 1.53 bits per heavy atom. The summed E-state index contributed by atoms with van der Waals surface area (Å²) in [5, 5.41) is 28.9. The van der Waals surface area contributed by atoms with E-state index in [-0.39, 0.29) is 11.3 Å². The van der Waals surface area contributed by atoms with Crippen molar-refractivity contribution >= 4 is 0 Å². The van der Waals surface area contributed by atoms with Crippen LogP contribution >= 0.6 is 0 Å². The number of aryl methyl sites for hydroxylation is 1. The van der Waals surface area contributed by atoms with Gasteiger partial charge in [-0.1, -0.05) is 0 Å². The maximum absolute atomic E-state index is 11.7. The Bertz CT molecular complexity index is 654. The van der Waals surface area contributed by atoms with Gasteiger partial charge < -0.3 is 20.1 Å². The van der Waals surface area contributed by atoms with Crippen molar-refractivity contribution in [2.24, 2.45) is 0 Å². The summed E-state index contributed by atoms with van der Waals surface area (Å²) < 4.78 is 6.12. The number of hydrogen-bond acceptors (Lipinski definition) is 6. The first kappa shape index (κ1) is 13.4. The van der Waals surface area contributed by atoms with Crippen LogP contribution in [0.4, 0.5) is 0 Å². The third-order valence-electron chi connectivity index (χ3n) is 3.02. The van der Waals surface area contributed by atoms with Crippen LogP contribution in [0.15, 0.2) is 27.3 Å². The Morgan fingerprint density at radius 3 is 2.68 bits per heavy atom. The number of ether oxygens (including phenoxy) is 1. The first-order valence-corrected chi connectivity index (χ1v) is 5.53. The molecule has 0 spiro atoms. The Hall–Kier alpha value is -2.06. The van der Waals surface area contributed by atoms with Gasteiger partial charge in [0, 0.05) is 11.8 Å². The second-order valence-corrected chi connectivity index (χ2v) is 4.53. The quantitative estimate of drug-likeness (QED) is 0.540. The number of aliphatic hydroxyl groups excluding tert-OH is 2. The van der Waals surface area contributed by atoms with E-state index in [0.717, 1.165) is 4.57 Å². The Labute approximate surface area is 107 Å². The zero-order chi connectivity index (χ0) is 14.4. The van der Waals surface area contributed by atoms with Crippen LogP contribution in [0.1, 0.15) is 18.7 Å². The fraction of sp³-hybridized carbons (Fsp3) is 0.455.